The zero-order chi connectivity index (χ0) is 11.5. The standard InChI is InChI=1S/C12H11NO3/c1-15-11-9(12(14)16-2)7-8-5-3-4-6-10(8)13-11/h3-7H,1-2H3. The summed E-state index contributed by atoms with van der Waals surface area (Å²) in [6.07, 6.45) is 0. The predicted octanol–water partition coefficient (Wildman–Crippen LogP) is 2.03. The summed E-state index contributed by atoms with van der Waals surface area (Å²) in [6, 6.07) is 9.23. The molecular weight excluding hydrogens is 206 g/mol. The van der Waals surface area contributed by atoms with Gasteiger partial charge in [-0.1, -0.05) is 18.2 Å². The molecule has 0 atom stereocenters. The van der Waals surface area contributed by atoms with Crippen LogP contribution in [-0.4, -0.2) is 25.2 Å². The number of hydrogen-bond acceptors (Lipinski definition) is 4. The van der Waals surface area contributed by atoms with E-state index in [0.29, 0.717) is 5.56 Å². The van der Waals surface area contributed by atoms with Gasteiger partial charge in [0, 0.05) is 5.39 Å². The van der Waals surface area contributed by atoms with Crippen LogP contribution in [0.3, 0.4) is 0 Å². The van der Waals surface area contributed by atoms with E-state index in [1.54, 1.807) is 6.07 Å². The minimum Gasteiger partial charge on any atom is -0.480 e. The fraction of sp³-hybridized carbons (Fsp3) is 0.167. The van der Waals surface area contributed by atoms with E-state index in [4.69, 9.17) is 4.74 Å². The number of carbonyl (C=O) groups is 1. The van der Waals surface area contributed by atoms with Crippen molar-refractivity contribution < 1.29 is 14.3 Å². The fourth-order valence-electron chi connectivity index (χ4n) is 1.51. The number of para-hydroxylation sites is 1. The summed E-state index contributed by atoms with van der Waals surface area (Å²) in [5, 5.41) is 0.878. The Hall–Kier alpha value is -2.10. The van der Waals surface area contributed by atoms with Gasteiger partial charge in [-0.05, 0) is 12.1 Å². The highest BCUT2D eigenvalue weighted by atomic mass is 16.5. The molecular formula is C12H11NO3. The molecule has 0 saturated carbocycles. The van der Waals surface area contributed by atoms with E-state index in [-0.39, 0.29) is 5.88 Å². The fourth-order valence-corrected chi connectivity index (χ4v) is 1.51. The van der Waals surface area contributed by atoms with E-state index in [9.17, 15) is 4.79 Å². The van der Waals surface area contributed by atoms with Crippen molar-refractivity contribution in [1.29, 1.82) is 0 Å². The van der Waals surface area contributed by atoms with Crippen LogP contribution in [0.4, 0.5) is 0 Å². The maximum atomic E-state index is 11.5. The molecule has 0 aliphatic carbocycles. The minimum absolute atomic E-state index is 0.283. The van der Waals surface area contributed by atoms with E-state index in [1.807, 2.05) is 24.3 Å². The quantitative estimate of drug-likeness (QED) is 0.722. The molecule has 0 bridgehead atoms. The molecule has 0 aliphatic rings. The number of pyridine rings is 1. The Kier molecular flexibility index (Phi) is 2.72. The number of benzene rings is 1. The number of aromatic nitrogens is 1. The summed E-state index contributed by atoms with van der Waals surface area (Å²) in [7, 11) is 2.81. The number of esters is 1. The first kappa shape index (κ1) is 10.4. The van der Waals surface area contributed by atoms with Crippen molar-refractivity contribution in [1.82, 2.24) is 4.98 Å². The van der Waals surface area contributed by atoms with Crippen LogP contribution in [0.1, 0.15) is 10.4 Å². The van der Waals surface area contributed by atoms with Crippen LogP contribution in [0.25, 0.3) is 10.9 Å². The maximum Gasteiger partial charge on any atom is 0.343 e. The van der Waals surface area contributed by atoms with Crippen molar-refractivity contribution >= 4 is 16.9 Å². The van der Waals surface area contributed by atoms with Crippen molar-refractivity contribution in [2.45, 2.75) is 0 Å². The number of ether oxygens (including phenoxy) is 2. The third-order valence-electron chi connectivity index (χ3n) is 2.29. The molecule has 16 heavy (non-hydrogen) atoms. The summed E-state index contributed by atoms with van der Waals surface area (Å²) >= 11 is 0. The zero-order valence-electron chi connectivity index (χ0n) is 9.06. The lowest BCUT2D eigenvalue weighted by atomic mass is 10.1. The second-order valence-electron chi connectivity index (χ2n) is 3.23. The molecule has 0 fully saturated rings. The lowest BCUT2D eigenvalue weighted by Crippen LogP contribution is -2.05. The SMILES string of the molecule is COC(=O)c1cc2ccccc2nc1OC. The van der Waals surface area contributed by atoms with E-state index in [0.717, 1.165) is 10.9 Å². The molecule has 0 saturated heterocycles. The number of carbonyl (C=O) groups excluding carboxylic acids is 1. The van der Waals surface area contributed by atoms with Crippen molar-refractivity contribution in [2.24, 2.45) is 0 Å². The number of hydrogen-bond donors (Lipinski definition) is 0. The number of fused-ring (bicyclic) bond motifs is 1. The largest absolute Gasteiger partial charge is 0.480 e. The van der Waals surface area contributed by atoms with Gasteiger partial charge in [-0.2, -0.15) is 0 Å². The molecule has 82 valence electrons. The van der Waals surface area contributed by atoms with Gasteiger partial charge in [0.2, 0.25) is 5.88 Å². The minimum atomic E-state index is -0.449. The van der Waals surface area contributed by atoms with Crippen LogP contribution in [0.5, 0.6) is 5.88 Å². The molecule has 4 heteroatoms. The monoisotopic (exact) mass is 217 g/mol. The van der Waals surface area contributed by atoms with Crippen molar-refractivity contribution in [2.75, 3.05) is 14.2 Å². The van der Waals surface area contributed by atoms with Gasteiger partial charge in [0.15, 0.2) is 0 Å². The highest BCUT2D eigenvalue weighted by molar-refractivity contribution is 5.96. The summed E-state index contributed by atoms with van der Waals surface area (Å²) in [5.74, 6) is -0.166. The van der Waals surface area contributed by atoms with E-state index in [2.05, 4.69) is 9.72 Å². The number of nitrogens with zero attached hydrogens (tertiary/aromatic N) is 1. The van der Waals surface area contributed by atoms with Crippen LogP contribution in [0.15, 0.2) is 30.3 Å². The molecule has 2 rings (SSSR count). The van der Waals surface area contributed by atoms with Crippen LogP contribution in [0, 0.1) is 0 Å². The summed E-state index contributed by atoms with van der Waals surface area (Å²) in [5.41, 5.74) is 1.12. The molecule has 0 aliphatic heterocycles. The lowest BCUT2D eigenvalue weighted by molar-refractivity contribution is 0.0596. The van der Waals surface area contributed by atoms with Gasteiger partial charge in [-0.3, -0.25) is 0 Å². The molecule has 0 amide bonds. The first-order chi connectivity index (χ1) is 7.76. The topological polar surface area (TPSA) is 48.4 Å². The Balaban J connectivity index is 2.67. The third-order valence-corrected chi connectivity index (χ3v) is 2.29. The first-order valence-corrected chi connectivity index (χ1v) is 4.78. The van der Waals surface area contributed by atoms with E-state index >= 15 is 0 Å². The van der Waals surface area contributed by atoms with Crippen LogP contribution < -0.4 is 4.74 Å². The molecule has 4 nitrogen and oxygen atoms in total. The smallest absolute Gasteiger partial charge is 0.343 e. The average molecular weight is 217 g/mol. The second-order valence-corrected chi connectivity index (χ2v) is 3.23. The number of methoxy groups -OCH3 is 2. The molecule has 1 aromatic heterocycles. The van der Waals surface area contributed by atoms with Gasteiger partial charge < -0.3 is 9.47 Å². The van der Waals surface area contributed by atoms with Crippen molar-refractivity contribution in [3.63, 3.8) is 0 Å². The molecule has 1 aromatic carbocycles. The normalized spacial score (nSPS) is 10.1. The molecule has 0 unspecified atom stereocenters. The second kappa shape index (κ2) is 4.18. The van der Waals surface area contributed by atoms with E-state index < -0.39 is 5.97 Å². The Morgan fingerprint density at radius 2 is 2.00 bits per heavy atom. The van der Waals surface area contributed by atoms with Gasteiger partial charge in [-0.15, -0.1) is 0 Å². The van der Waals surface area contributed by atoms with Gasteiger partial charge in [0.25, 0.3) is 0 Å². The Labute approximate surface area is 92.8 Å². The lowest BCUT2D eigenvalue weighted by Gasteiger charge is -2.07. The summed E-state index contributed by atoms with van der Waals surface area (Å²) in [4.78, 5) is 15.7. The zero-order valence-corrected chi connectivity index (χ0v) is 9.06. The maximum absolute atomic E-state index is 11.5. The van der Waals surface area contributed by atoms with Crippen molar-refractivity contribution in [3.05, 3.63) is 35.9 Å². The summed E-state index contributed by atoms with van der Waals surface area (Å²) in [6.45, 7) is 0. The first-order valence-electron chi connectivity index (χ1n) is 4.78. The van der Waals surface area contributed by atoms with Gasteiger partial charge in [0.1, 0.15) is 5.56 Å². The van der Waals surface area contributed by atoms with Crippen molar-refractivity contribution in [3.8, 4) is 5.88 Å². The van der Waals surface area contributed by atoms with Gasteiger partial charge in [0.05, 0.1) is 19.7 Å². The highest BCUT2D eigenvalue weighted by Gasteiger charge is 2.15. The predicted molar refractivity (Wildman–Crippen MR) is 59.6 cm³/mol. The molecule has 2 aromatic rings. The van der Waals surface area contributed by atoms with Gasteiger partial charge in [-0.25, -0.2) is 9.78 Å². The highest BCUT2D eigenvalue weighted by Crippen LogP contribution is 2.22. The van der Waals surface area contributed by atoms with Crippen LogP contribution >= 0.6 is 0 Å². The number of rotatable bonds is 2. The molecule has 0 radical (unpaired) electrons. The summed E-state index contributed by atoms with van der Waals surface area (Å²) < 4.78 is 9.73. The third kappa shape index (κ3) is 1.69. The Bertz CT molecular complexity index is 537. The molecule has 1 heterocycles. The molecule has 0 N–H and O–H groups in total. The average Bonchev–Trinajstić information content (AvgIpc) is 2.36. The van der Waals surface area contributed by atoms with E-state index in [1.165, 1.54) is 14.2 Å². The van der Waals surface area contributed by atoms with Crippen LogP contribution in [-0.2, 0) is 4.74 Å². The van der Waals surface area contributed by atoms with Crippen LogP contribution in [0.2, 0.25) is 0 Å². The Morgan fingerprint density at radius 3 is 2.69 bits per heavy atom. The van der Waals surface area contributed by atoms with Gasteiger partial charge >= 0.3 is 5.97 Å². The molecule has 0 spiro atoms. The Morgan fingerprint density at radius 1 is 1.25 bits per heavy atom.